The molecule has 0 aromatic carbocycles. The fraction of sp³-hybridized carbons (Fsp3) is 0.972. The standard InChI is InChI=1S/C36H67N5O6S/c1-21-29-16-26(36(29,3)4)17-30(21)38-35(43)33-32(22(2)42)31(18-37)47-41(33)20-24-11-10-12-28(34(24)46-8)25-13-23(14-27(15-25)39(5)6)19-40(7)48(9,44)45/h21-34,42H,10-20,37H2,1-9H3,(H,38,43)/t21-,22-,23?,24?,25?,26+,27?,28?,29-,30-,31-,32-,33-,34?/m0/s1. The summed E-state index contributed by atoms with van der Waals surface area (Å²) < 4.78 is 32.5. The first-order chi connectivity index (χ1) is 22.5. The fourth-order valence-electron chi connectivity index (χ4n) is 11.0. The highest BCUT2D eigenvalue weighted by atomic mass is 32.2. The van der Waals surface area contributed by atoms with Gasteiger partial charge < -0.3 is 25.8 Å². The SMILES string of the molecule is COC1C(CN2O[C@@H](CN)[C@H]([C@H](C)O)[C@H]2C(=O)N[C@H]2C[C@H]3C[C@@H]([C@@H]2C)C3(C)C)CCCC1C1CC(CN(C)S(C)(=O)=O)CC(N(C)C)C1. The van der Waals surface area contributed by atoms with Crippen molar-refractivity contribution in [3.05, 3.63) is 0 Å². The van der Waals surface area contributed by atoms with Crippen LogP contribution in [0.25, 0.3) is 0 Å². The number of hydrogen-bond donors (Lipinski definition) is 3. The Morgan fingerprint density at radius 1 is 1.15 bits per heavy atom. The van der Waals surface area contributed by atoms with Crippen molar-refractivity contribution in [2.75, 3.05) is 54.1 Å². The van der Waals surface area contributed by atoms with Crippen LogP contribution in [0.4, 0.5) is 0 Å². The van der Waals surface area contributed by atoms with Gasteiger partial charge in [-0.1, -0.05) is 27.2 Å². The molecule has 1 amide bonds. The number of fused-ring (bicyclic) bond motifs is 2. The number of ether oxygens (including phenoxy) is 1. The number of nitrogens with two attached hydrogens (primary N) is 1. The molecule has 0 aromatic heterocycles. The number of carbonyl (C=O) groups excluding carboxylic acids is 1. The van der Waals surface area contributed by atoms with Gasteiger partial charge in [0.05, 0.1) is 24.6 Å². The van der Waals surface area contributed by atoms with Crippen LogP contribution in [0.2, 0.25) is 0 Å². The summed E-state index contributed by atoms with van der Waals surface area (Å²) >= 11 is 0. The Kier molecular flexibility index (Phi) is 12.0. The van der Waals surface area contributed by atoms with Gasteiger partial charge in [-0.05, 0) is 107 Å². The summed E-state index contributed by atoms with van der Waals surface area (Å²) in [5.74, 6) is 2.31. The molecule has 6 unspecified atom stereocenters. The van der Waals surface area contributed by atoms with E-state index in [2.05, 4.69) is 45.1 Å². The zero-order valence-corrected chi connectivity index (χ0v) is 32.0. The van der Waals surface area contributed by atoms with Crippen molar-refractivity contribution in [2.45, 2.75) is 115 Å². The lowest BCUT2D eigenvalue weighted by atomic mass is 9.45. The molecule has 5 saturated carbocycles. The molecule has 2 bridgehead atoms. The smallest absolute Gasteiger partial charge is 0.240 e. The fourth-order valence-corrected chi connectivity index (χ4v) is 11.5. The number of hydrogen-bond acceptors (Lipinski definition) is 9. The van der Waals surface area contributed by atoms with E-state index >= 15 is 0 Å². The van der Waals surface area contributed by atoms with Crippen LogP contribution in [-0.2, 0) is 24.4 Å². The molecule has 11 nitrogen and oxygen atoms in total. The summed E-state index contributed by atoms with van der Waals surface area (Å²) in [7, 11) is 4.50. The molecule has 0 aromatic rings. The van der Waals surface area contributed by atoms with Gasteiger partial charge in [-0.3, -0.25) is 9.63 Å². The van der Waals surface area contributed by atoms with Gasteiger partial charge in [0.25, 0.3) is 0 Å². The van der Waals surface area contributed by atoms with Gasteiger partial charge in [-0.25, -0.2) is 12.7 Å². The molecule has 4 N–H and O–H groups in total. The average molecular weight is 698 g/mol. The summed E-state index contributed by atoms with van der Waals surface area (Å²) in [6.07, 6.45) is 8.45. The monoisotopic (exact) mass is 697 g/mol. The maximum atomic E-state index is 14.3. The largest absolute Gasteiger partial charge is 0.393 e. The van der Waals surface area contributed by atoms with E-state index in [9.17, 15) is 18.3 Å². The maximum Gasteiger partial charge on any atom is 0.240 e. The Morgan fingerprint density at radius 3 is 2.42 bits per heavy atom. The summed E-state index contributed by atoms with van der Waals surface area (Å²) in [6.45, 7) is 10.1. The molecular formula is C36H67N5O6S. The molecule has 6 fully saturated rings. The summed E-state index contributed by atoms with van der Waals surface area (Å²) in [5, 5.41) is 16.3. The Balaban J connectivity index is 1.32. The number of aliphatic hydroxyl groups is 1. The first-order valence-corrected chi connectivity index (χ1v) is 20.5. The lowest BCUT2D eigenvalue weighted by molar-refractivity contribution is -0.186. The second kappa shape index (κ2) is 15.0. The minimum Gasteiger partial charge on any atom is -0.393 e. The zero-order valence-electron chi connectivity index (χ0n) is 31.2. The van der Waals surface area contributed by atoms with E-state index in [1.807, 2.05) is 12.2 Å². The van der Waals surface area contributed by atoms with Gasteiger partial charge in [0, 0.05) is 57.7 Å². The van der Waals surface area contributed by atoms with Gasteiger partial charge in [0.15, 0.2) is 0 Å². The molecule has 0 radical (unpaired) electrons. The average Bonchev–Trinajstić information content (AvgIpc) is 3.39. The van der Waals surface area contributed by atoms with Crippen LogP contribution >= 0.6 is 0 Å². The van der Waals surface area contributed by atoms with Crippen molar-refractivity contribution >= 4 is 15.9 Å². The molecule has 1 aliphatic heterocycles. The number of carbonyl (C=O) groups is 1. The van der Waals surface area contributed by atoms with E-state index in [4.69, 9.17) is 15.3 Å². The maximum absolute atomic E-state index is 14.3. The highest BCUT2D eigenvalue weighted by Crippen LogP contribution is 2.61. The van der Waals surface area contributed by atoms with E-state index in [0.29, 0.717) is 54.1 Å². The van der Waals surface area contributed by atoms with Crippen LogP contribution in [0.1, 0.15) is 79.1 Å². The van der Waals surface area contributed by atoms with E-state index < -0.39 is 34.2 Å². The normalized spacial score (nSPS) is 42.5. The molecule has 1 saturated heterocycles. The Morgan fingerprint density at radius 2 is 1.85 bits per heavy atom. The number of amides is 1. The second-order valence-corrected chi connectivity index (χ2v) is 19.5. The van der Waals surface area contributed by atoms with Crippen LogP contribution in [0.3, 0.4) is 0 Å². The lowest BCUT2D eigenvalue weighted by Gasteiger charge is -2.62. The highest BCUT2D eigenvalue weighted by Gasteiger charge is 2.57. The number of sulfonamides is 1. The van der Waals surface area contributed by atoms with Gasteiger partial charge in [-0.15, -0.1) is 0 Å². The first-order valence-electron chi connectivity index (χ1n) is 18.7. The van der Waals surface area contributed by atoms with E-state index in [1.165, 1.54) is 17.0 Å². The van der Waals surface area contributed by atoms with Crippen LogP contribution < -0.4 is 11.1 Å². The molecule has 14 atom stereocenters. The summed E-state index contributed by atoms with van der Waals surface area (Å²) in [5.41, 5.74) is 6.53. The van der Waals surface area contributed by atoms with Crippen LogP contribution in [-0.4, -0.2) is 124 Å². The number of aliphatic hydroxyl groups excluding tert-OH is 1. The van der Waals surface area contributed by atoms with Crippen molar-refractivity contribution in [1.82, 2.24) is 19.6 Å². The van der Waals surface area contributed by atoms with Crippen LogP contribution in [0, 0.1) is 52.8 Å². The Hall–Kier alpha value is -0.860. The molecule has 1 heterocycles. The second-order valence-electron chi connectivity index (χ2n) is 17.4. The van der Waals surface area contributed by atoms with Crippen molar-refractivity contribution in [3.8, 4) is 0 Å². The van der Waals surface area contributed by atoms with Gasteiger partial charge in [-0.2, -0.15) is 5.06 Å². The van der Waals surface area contributed by atoms with Gasteiger partial charge in [0.1, 0.15) is 6.04 Å². The van der Waals surface area contributed by atoms with Crippen LogP contribution in [0.15, 0.2) is 0 Å². The Bertz CT molecular complexity index is 1220. The van der Waals surface area contributed by atoms with E-state index in [-0.39, 0.29) is 36.4 Å². The van der Waals surface area contributed by atoms with Crippen molar-refractivity contribution in [2.24, 2.45) is 58.5 Å². The van der Waals surface area contributed by atoms with Crippen molar-refractivity contribution in [3.63, 3.8) is 0 Å². The molecule has 0 spiro atoms. The number of nitrogens with one attached hydrogen (secondary N) is 1. The molecule has 6 rings (SSSR count). The third-order valence-corrected chi connectivity index (χ3v) is 15.3. The lowest BCUT2D eigenvalue weighted by Crippen LogP contribution is -2.62. The molecule has 278 valence electrons. The van der Waals surface area contributed by atoms with Crippen LogP contribution in [0.5, 0.6) is 0 Å². The predicted octanol–water partition coefficient (Wildman–Crippen LogP) is 2.78. The molecule has 12 heteroatoms. The topological polar surface area (TPSA) is 138 Å². The third-order valence-electron chi connectivity index (χ3n) is 14.0. The van der Waals surface area contributed by atoms with Gasteiger partial charge in [0.2, 0.25) is 15.9 Å². The predicted molar refractivity (Wildman–Crippen MR) is 188 cm³/mol. The minimum atomic E-state index is -3.25. The first kappa shape index (κ1) is 38.4. The van der Waals surface area contributed by atoms with Crippen molar-refractivity contribution < 1.29 is 27.9 Å². The third kappa shape index (κ3) is 7.66. The molecule has 48 heavy (non-hydrogen) atoms. The highest BCUT2D eigenvalue weighted by molar-refractivity contribution is 7.88. The summed E-state index contributed by atoms with van der Waals surface area (Å²) in [4.78, 5) is 23.0. The molecular weight excluding hydrogens is 630 g/mol. The minimum absolute atomic E-state index is 0.0140. The zero-order chi connectivity index (χ0) is 35.3. The van der Waals surface area contributed by atoms with Gasteiger partial charge >= 0.3 is 0 Å². The van der Waals surface area contributed by atoms with Crippen molar-refractivity contribution in [1.29, 1.82) is 0 Å². The Labute approximate surface area is 291 Å². The number of nitrogens with zero attached hydrogens (tertiary/aromatic N) is 3. The quantitative estimate of drug-likeness (QED) is 0.281. The molecule has 6 aliphatic rings. The summed E-state index contributed by atoms with van der Waals surface area (Å²) in [6, 6.07) is -0.122. The van der Waals surface area contributed by atoms with E-state index in [0.717, 1.165) is 44.9 Å². The number of rotatable bonds is 12. The van der Waals surface area contributed by atoms with E-state index in [1.54, 1.807) is 14.0 Å². The number of hydroxylamine groups is 2. The number of methoxy groups -OCH3 is 1. The molecule has 5 aliphatic carbocycles.